The zero-order valence-corrected chi connectivity index (χ0v) is 20.7. The Bertz CT molecular complexity index is 1280. The second-order valence-corrected chi connectivity index (χ2v) is 10.6. The molecule has 2 aromatic carbocycles. The van der Waals surface area contributed by atoms with Crippen LogP contribution in [0.25, 0.3) is 0 Å². The Balaban J connectivity index is 1.54. The lowest BCUT2D eigenvalue weighted by molar-refractivity contribution is 0.254. The summed E-state index contributed by atoms with van der Waals surface area (Å²) in [6.45, 7) is 2.80. The fourth-order valence-electron chi connectivity index (χ4n) is 4.02. The standard InChI is InChI=1S/C24H24IN7O2/c1-14-12-17(13-16-4-2-11-34-20(14)16)19(30-18-7-5-15(6-8-18)22(26)27)21-25-32(24(33)31-21)23-28-9-3-10-29-23/h3,5-10,12-13,19,30H,2,4,11H2,1H3,(H3,26,27)(H,31,33). The number of amidine groups is 1. The number of nitrogens with one attached hydrogen (secondary N) is 3. The van der Waals surface area contributed by atoms with Gasteiger partial charge in [0, 0.05) is 44.6 Å². The summed E-state index contributed by atoms with van der Waals surface area (Å²) < 4.78 is 8.45. The lowest BCUT2D eigenvalue weighted by Crippen LogP contribution is -2.35. The van der Waals surface area contributed by atoms with E-state index in [2.05, 4.69) is 39.7 Å². The second kappa shape index (κ2) is 9.37. The average molecular weight is 569 g/mol. The first kappa shape index (κ1) is 22.3. The zero-order chi connectivity index (χ0) is 23.7. The molecule has 5 N–H and O–H groups in total. The summed E-state index contributed by atoms with van der Waals surface area (Å²) in [4.78, 5) is 21.4. The molecule has 0 saturated carbocycles. The molecule has 2 amide bonds. The molecule has 2 aliphatic rings. The fraction of sp³-hybridized carbons (Fsp3) is 0.208. The van der Waals surface area contributed by atoms with Gasteiger partial charge < -0.3 is 21.1 Å². The van der Waals surface area contributed by atoms with Gasteiger partial charge in [-0.3, -0.25) is 5.41 Å². The van der Waals surface area contributed by atoms with Gasteiger partial charge in [0.2, 0.25) is 5.95 Å². The number of aryl methyl sites for hydroxylation is 2. The average Bonchev–Trinajstić information content (AvgIpc) is 3.24. The predicted molar refractivity (Wildman–Crippen MR) is 141 cm³/mol. The van der Waals surface area contributed by atoms with Crippen LogP contribution in [0, 0.1) is 12.3 Å². The highest BCUT2D eigenvalue weighted by Gasteiger charge is 2.32. The third-order valence-electron chi connectivity index (χ3n) is 5.61. The molecule has 1 aromatic heterocycles. The number of rotatable bonds is 6. The Morgan fingerprint density at radius 2 is 2.03 bits per heavy atom. The van der Waals surface area contributed by atoms with Crippen molar-refractivity contribution in [1.82, 2.24) is 15.3 Å². The molecule has 0 spiro atoms. The van der Waals surface area contributed by atoms with E-state index in [4.69, 9.17) is 15.9 Å². The molecule has 2 aliphatic heterocycles. The number of aromatic nitrogens is 2. The molecular weight excluding hydrogens is 545 g/mol. The molecule has 0 saturated heterocycles. The van der Waals surface area contributed by atoms with Gasteiger partial charge in [-0.2, -0.15) is 0 Å². The summed E-state index contributed by atoms with van der Waals surface area (Å²) in [7, 11) is 0. The molecule has 0 fully saturated rings. The quantitative estimate of drug-likeness (QED) is 0.155. The van der Waals surface area contributed by atoms with Crippen LogP contribution < -0.4 is 24.2 Å². The van der Waals surface area contributed by atoms with Crippen LogP contribution in [0.5, 0.6) is 5.75 Å². The molecule has 9 nitrogen and oxygen atoms in total. The first-order valence-corrected chi connectivity index (χ1v) is 12.9. The Labute approximate surface area is 207 Å². The first-order valence-electron chi connectivity index (χ1n) is 10.9. The number of amides is 2. The Kier molecular flexibility index (Phi) is 6.14. The smallest absolute Gasteiger partial charge is 0.337 e. The molecule has 3 heterocycles. The Morgan fingerprint density at radius 3 is 2.76 bits per heavy atom. The van der Waals surface area contributed by atoms with Crippen LogP contribution in [-0.4, -0.2) is 32.1 Å². The summed E-state index contributed by atoms with van der Waals surface area (Å²) in [5.74, 6) is 1.40. The number of carbonyl (C=O) groups excluding carboxylic acids is 1. The molecule has 34 heavy (non-hydrogen) atoms. The van der Waals surface area contributed by atoms with Gasteiger partial charge in [-0.1, -0.05) is 0 Å². The van der Waals surface area contributed by atoms with Crippen molar-refractivity contribution in [3.63, 3.8) is 0 Å². The molecule has 174 valence electrons. The minimum atomic E-state index is -0.895. The van der Waals surface area contributed by atoms with Gasteiger partial charge in [-0.15, -0.1) is 0 Å². The van der Waals surface area contributed by atoms with Crippen LogP contribution in [0.2, 0.25) is 0 Å². The van der Waals surface area contributed by atoms with Gasteiger partial charge in [-0.05, 0) is 78.9 Å². The van der Waals surface area contributed by atoms with E-state index in [0.29, 0.717) is 11.5 Å². The highest BCUT2D eigenvalue weighted by atomic mass is 127. The number of ether oxygens (including phenoxy) is 1. The van der Waals surface area contributed by atoms with Crippen molar-refractivity contribution in [2.75, 3.05) is 15.0 Å². The normalized spacial score (nSPS) is 15.9. The Morgan fingerprint density at radius 1 is 1.26 bits per heavy atom. The number of nitrogen functional groups attached to an aromatic ring is 1. The topological polar surface area (TPSA) is 129 Å². The summed E-state index contributed by atoms with van der Waals surface area (Å²) in [5.41, 5.74) is 10.5. The van der Waals surface area contributed by atoms with Crippen molar-refractivity contribution in [2.24, 2.45) is 5.73 Å². The van der Waals surface area contributed by atoms with Crippen molar-refractivity contribution in [1.29, 1.82) is 5.41 Å². The van der Waals surface area contributed by atoms with Crippen LogP contribution in [0.4, 0.5) is 16.4 Å². The van der Waals surface area contributed by atoms with Gasteiger partial charge in [-0.25, -0.2) is 17.9 Å². The monoisotopic (exact) mass is 569 g/mol. The maximum Gasteiger partial charge on any atom is 0.337 e. The number of hydrogen-bond donors (Lipinski definition) is 4. The van der Waals surface area contributed by atoms with Crippen LogP contribution in [0.3, 0.4) is 0 Å². The largest absolute Gasteiger partial charge is 0.493 e. The third-order valence-corrected chi connectivity index (χ3v) is 8.38. The summed E-state index contributed by atoms with van der Waals surface area (Å²) in [6.07, 6.45) is 5.22. The number of nitrogens with two attached hydrogens (primary N) is 1. The molecule has 10 heteroatoms. The van der Waals surface area contributed by atoms with Crippen LogP contribution >= 0.6 is 21.0 Å². The number of fused-ring (bicyclic) bond motifs is 1. The van der Waals surface area contributed by atoms with E-state index in [9.17, 15) is 4.79 Å². The molecule has 0 bridgehead atoms. The molecule has 0 radical (unpaired) electrons. The lowest BCUT2D eigenvalue weighted by atomic mass is 9.95. The molecular formula is C24H24IN7O2. The summed E-state index contributed by atoms with van der Waals surface area (Å²) >= 11 is -0.895. The number of halogens is 1. The minimum Gasteiger partial charge on any atom is -0.493 e. The lowest BCUT2D eigenvalue weighted by Gasteiger charge is -2.25. The van der Waals surface area contributed by atoms with Crippen molar-refractivity contribution in [2.45, 2.75) is 25.8 Å². The van der Waals surface area contributed by atoms with Crippen molar-refractivity contribution < 1.29 is 9.53 Å². The fourth-order valence-corrected chi connectivity index (χ4v) is 6.49. The molecule has 1 unspecified atom stereocenters. The predicted octanol–water partition coefficient (Wildman–Crippen LogP) is 3.79. The number of benzene rings is 2. The number of nitrogens with zero attached hydrogens (tertiary/aromatic N) is 3. The van der Waals surface area contributed by atoms with Crippen LogP contribution in [0.15, 0.2) is 54.9 Å². The van der Waals surface area contributed by atoms with Crippen molar-refractivity contribution >= 4 is 48.1 Å². The molecule has 0 aliphatic carbocycles. The summed E-state index contributed by atoms with van der Waals surface area (Å²) in [5, 5.41) is 14.3. The maximum atomic E-state index is 12.8. The van der Waals surface area contributed by atoms with Gasteiger partial charge in [0.15, 0.2) is 0 Å². The van der Waals surface area contributed by atoms with Crippen LogP contribution in [-0.2, 0) is 6.42 Å². The number of carbonyl (C=O) groups is 1. The zero-order valence-electron chi connectivity index (χ0n) is 18.5. The highest BCUT2D eigenvalue weighted by Crippen LogP contribution is 2.36. The van der Waals surface area contributed by atoms with Gasteiger partial charge in [0.1, 0.15) is 11.6 Å². The van der Waals surface area contributed by atoms with E-state index in [1.807, 2.05) is 24.3 Å². The van der Waals surface area contributed by atoms with E-state index in [0.717, 1.165) is 45.6 Å². The van der Waals surface area contributed by atoms with Crippen LogP contribution in [0.1, 0.15) is 34.7 Å². The van der Waals surface area contributed by atoms with E-state index >= 15 is 0 Å². The van der Waals surface area contributed by atoms with E-state index in [-0.39, 0.29) is 17.9 Å². The van der Waals surface area contributed by atoms with Crippen molar-refractivity contribution in [3.8, 4) is 5.75 Å². The first-order chi connectivity index (χ1) is 16.5. The molecule has 1 atom stereocenters. The second-order valence-electron chi connectivity index (χ2n) is 8.04. The van der Waals surface area contributed by atoms with E-state index in [1.165, 1.54) is 5.56 Å². The van der Waals surface area contributed by atoms with Gasteiger partial charge >= 0.3 is 6.03 Å². The maximum absolute atomic E-state index is 12.8. The molecule has 5 rings (SSSR count). The highest BCUT2D eigenvalue weighted by molar-refractivity contribution is 14.2. The SMILES string of the molecule is Cc1cc(C(Nc2ccc(C(=N)N)cc2)C2=IN(c3ncccn3)C(=O)N2)cc2c1OCCC2. The van der Waals surface area contributed by atoms with Gasteiger partial charge in [0.05, 0.1) is 16.3 Å². The van der Waals surface area contributed by atoms with Crippen molar-refractivity contribution in [3.05, 3.63) is 77.1 Å². The Hall–Kier alpha value is -3.54. The number of anilines is 2. The number of hydrogen-bond acceptors (Lipinski definition) is 6. The number of urea groups is 1. The molecule has 3 aromatic rings. The van der Waals surface area contributed by atoms with E-state index in [1.54, 1.807) is 21.6 Å². The van der Waals surface area contributed by atoms with E-state index < -0.39 is 21.0 Å². The third kappa shape index (κ3) is 4.45. The van der Waals surface area contributed by atoms with Gasteiger partial charge in [0.25, 0.3) is 0 Å². The minimum absolute atomic E-state index is 0.0233. The summed E-state index contributed by atoms with van der Waals surface area (Å²) in [6, 6.07) is 13.0.